The van der Waals surface area contributed by atoms with Gasteiger partial charge in [0.05, 0.1) is 12.0 Å². The molecule has 166 valence electrons. The molecule has 0 bridgehead atoms. The predicted octanol–water partition coefficient (Wildman–Crippen LogP) is 2.14. The molecule has 1 fully saturated rings. The second kappa shape index (κ2) is 8.87. The number of carbonyl (C=O) groups excluding carboxylic acids is 3. The fraction of sp³-hybridized carbons (Fsp3) is 0.286. The highest BCUT2D eigenvalue weighted by molar-refractivity contribution is 7.99. The molecular formula is C21H22N6O4S. The van der Waals surface area contributed by atoms with Crippen LogP contribution in [-0.4, -0.2) is 48.9 Å². The summed E-state index contributed by atoms with van der Waals surface area (Å²) in [6, 6.07) is 12.5. The molecule has 0 saturated carbocycles. The smallest absolute Gasteiger partial charge is 0.344 e. The fourth-order valence-electron chi connectivity index (χ4n) is 3.34. The maximum Gasteiger partial charge on any atom is 0.344 e. The third-order valence-electron chi connectivity index (χ3n) is 5.16. The Kier molecular flexibility index (Phi) is 5.99. The van der Waals surface area contributed by atoms with Crippen LogP contribution in [0.5, 0.6) is 0 Å². The number of hydrogen-bond donors (Lipinski definition) is 2. The van der Waals surface area contributed by atoms with Crippen LogP contribution in [0.2, 0.25) is 0 Å². The van der Waals surface area contributed by atoms with Crippen molar-refractivity contribution in [2.24, 2.45) is 7.05 Å². The zero-order chi connectivity index (χ0) is 22.7. The SMILES string of the molecule is Cn1c(SCC(=O)NN2C(=O)N[C@@](C)(CCc3ccccc3)C2=O)nnc1-c1ccco1. The molecule has 1 aliphatic rings. The summed E-state index contributed by atoms with van der Waals surface area (Å²) in [5.74, 6) is 0.0394. The summed E-state index contributed by atoms with van der Waals surface area (Å²) in [6.45, 7) is 1.66. The highest BCUT2D eigenvalue weighted by Crippen LogP contribution is 2.24. The van der Waals surface area contributed by atoms with Crippen LogP contribution in [0, 0.1) is 0 Å². The Bertz CT molecular complexity index is 1130. The Balaban J connectivity index is 1.33. The minimum absolute atomic E-state index is 0.0537. The van der Waals surface area contributed by atoms with E-state index in [1.165, 1.54) is 6.26 Å². The van der Waals surface area contributed by atoms with Gasteiger partial charge in [-0.15, -0.1) is 10.2 Å². The highest BCUT2D eigenvalue weighted by atomic mass is 32.2. The van der Waals surface area contributed by atoms with Crippen molar-refractivity contribution >= 4 is 29.6 Å². The molecule has 1 aliphatic heterocycles. The minimum atomic E-state index is -1.09. The molecule has 11 heteroatoms. The predicted molar refractivity (Wildman–Crippen MR) is 116 cm³/mol. The molecule has 3 aromatic rings. The number of aryl methyl sites for hydroxylation is 1. The molecule has 3 heterocycles. The first-order chi connectivity index (χ1) is 15.4. The first-order valence-corrected chi connectivity index (χ1v) is 10.9. The van der Waals surface area contributed by atoms with Gasteiger partial charge in [0.15, 0.2) is 16.7 Å². The van der Waals surface area contributed by atoms with Crippen molar-refractivity contribution in [2.75, 3.05) is 5.75 Å². The third kappa shape index (κ3) is 4.37. The van der Waals surface area contributed by atoms with Crippen LogP contribution in [0.15, 0.2) is 58.3 Å². The van der Waals surface area contributed by atoms with Gasteiger partial charge < -0.3 is 14.3 Å². The van der Waals surface area contributed by atoms with Crippen LogP contribution in [-0.2, 0) is 23.1 Å². The van der Waals surface area contributed by atoms with E-state index in [1.807, 2.05) is 30.3 Å². The molecule has 0 spiro atoms. The molecule has 4 amide bonds. The summed E-state index contributed by atoms with van der Waals surface area (Å²) in [5, 5.41) is 12.1. The highest BCUT2D eigenvalue weighted by Gasteiger charge is 2.48. The van der Waals surface area contributed by atoms with Gasteiger partial charge in [0.2, 0.25) is 5.91 Å². The minimum Gasteiger partial charge on any atom is -0.461 e. The fourth-order valence-corrected chi connectivity index (χ4v) is 4.05. The average Bonchev–Trinajstić information content (AvgIpc) is 3.48. The van der Waals surface area contributed by atoms with E-state index in [0.717, 1.165) is 22.3 Å². The van der Waals surface area contributed by atoms with E-state index >= 15 is 0 Å². The Morgan fingerprint density at radius 1 is 1.19 bits per heavy atom. The molecule has 4 rings (SSSR count). The average molecular weight is 455 g/mol. The van der Waals surface area contributed by atoms with Crippen molar-refractivity contribution in [2.45, 2.75) is 30.5 Å². The molecule has 1 atom stereocenters. The molecular weight excluding hydrogens is 432 g/mol. The molecule has 0 unspecified atom stereocenters. The number of aromatic nitrogens is 3. The molecule has 2 N–H and O–H groups in total. The van der Waals surface area contributed by atoms with E-state index in [0.29, 0.717) is 29.6 Å². The number of hydrazine groups is 1. The topological polar surface area (TPSA) is 122 Å². The van der Waals surface area contributed by atoms with Crippen LogP contribution in [0.3, 0.4) is 0 Å². The van der Waals surface area contributed by atoms with E-state index in [4.69, 9.17) is 4.42 Å². The van der Waals surface area contributed by atoms with Crippen LogP contribution in [0.25, 0.3) is 11.6 Å². The van der Waals surface area contributed by atoms with Crippen molar-refractivity contribution < 1.29 is 18.8 Å². The quantitative estimate of drug-likeness (QED) is 0.395. The van der Waals surface area contributed by atoms with Crippen molar-refractivity contribution in [3.63, 3.8) is 0 Å². The van der Waals surface area contributed by atoms with E-state index in [-0.39, 0.29) is 5.75 Å². The van der Waals surface area contributed by atoms with Gasteiger partial charge in [-0.25, -0.2) is 4.79 Å². The van der Waals surface area contributed by atoms with Gasteiger partial charge in [-0.2, -0.15) is 5.01 Å². The number of nitrogens with one attached hydrogen (secondary N) is 2. The maximum atomic E-state index is 12.8. The standard InChI is InChI=1S/C21H22N6O4S/c1-21(11-10-14-7-4-3-5-8-14)18(29)27(19(30)22-21)25-16(28)13-32-20-24-23-17(26(20)2)15-9-6-12-31-15/h3-9,12H,10-11,13H2,1-2H3,(H,22,30)(H,25,28)/t21-/m0/s1. The van der Waals surface area contributed by atoms with E-state index in [1.54, 1.807) is 30.7 Å². The zero-order valence-electron chi connectivity index (χ0n) is 17.6. The second-order valence-corrected chi connectivity index (χ2v) is 8.50. The number of rotatable bonds is 8. The maximum absolute atomic E-state index is 12.8. The number of urea groups is 1. The first-order valence-electron chi connectivity index (χ1n) is 9.93. The number of benzene rings is 1. The number of thioether (sulfide) groups is 1. The number of nitrogens with zero attached hydrogens (tertiary/aromatic N) is 4. The van der Waals surface area contributed by atoms with Crippen molar-refractivity contribution in [1.29, 1.82) is 0 Å². The Morgan fingerprint density at radius 2 is 1.97 bits per heavy atom. The van der Waals surface area contributed by atoms with Crippen LogP contribution in [0.1, 0.15) is 18.9 Å². The van der Waals surface area contributed by atoms with Gasteiger partial charge in [0.25, 0.3) is 5.91 Å². The number of amides is 4. The molecule has 0 aliphatic carbocycles. The molecule has 0 radical (unpaired) electrons. The van der Waals surface area contributed by atoms with Crippen molar-refractivity contribution in [3.8, 4) is 11.6 Å². The van der Waals surface area contributed by atoms with Gasteiger partial charge in [0.1, 0.15) is 5.54 Å². The van der Waals surface area contributed by atoms with E-state index in [2.05, 4.69) is 20.9 Å². The van der Waals surface area contributed by atoms with E-state index < -0.39 is 23.4 Å². The molecule has 1 saturated heterocycles. The van der Waals surface area contributed by atoms with Gasteiger partial charge in [-0.05, 0) is 37.5 Å². The van der Waals surface area contributed by atoms with Crippen LogP contribution < -0.4 is 10.7 Å². The van der Waals surface area contributed by atoms with Crippen LogP contribution in [0.4, 0.5) is 4.79 Å². The zero-order valence-corrected chi connectivity index (χ0v) is 18.4. The molecule has 2 aromatic heterocycles. The van der Waals surface area contributed by atoms with Gasteiger partial charge in [0, 0.05) is 7.05 Å². The van der Waals surface area contributed by atoms with Crippen molar-refractivity contribution in [3.05, 3.63) is 54.3 Å². The summed E-state index contributed by atoms with van der Waals surface area (Å²) >= 11 is 1.13. The monoisotopic (exact) mass is 454 g/mol. The summed E-state index contributed by atoms with van der Waals surface area (Å²) < 4.78 is 7.02. The first kappa shape index (κ1) is 21.6. The Morgan fingerprint density at radius 3 is 2.69 bits per heavy atom. The summed E-state index contributed by atoms with van der Waals surface area (Å²) in [7, 11) is 1.76. The summed E-state index contributed by atoms with van der Waals surface area (Å²) in [4.78, 5) is 37.6. The number of imide groups is 1. The Hall–Kier alpha value is -3.60. The molecule has 1 aromatic carbocycles. The van der Waals surface area contributed by atoms with Gasteiger partial charge in [-0.1, -0.05) is 42.1 Å². The normalized spacial score (nSPS) is 18.1. The lowest BCUT2D eigenvalue weighted by Gasteiger charge is -2.21. The second-order valence-electron chi connectivity index (χ2n) is 7.55. The van der Waals surface area contributed by atoms with Gasteiger partial charge in [-0.3, -0.25) is 15.0 Å². The molecule has 10 nitrogen and oxygen atoms in total. The lowest BCUT2D eigenvalue weighted by Crippen LogP contribution is -2.49. The largest absolute Gasteiger partial charge is 0.461 e. The van der Waals surface area contributed by atoms with Gasteiger partial charge >= 0.3 is 6.03 Å². The Labute approximate surface area is 188 Å². The summed E-state index contributed by atoms with van der Waals surface area (Å²) in [6.07, 6.45) is 2.57. The summed E-state index contributed by atoms with van der Waals surface area (Å²) in [5.41, 5.74) is 2.37. The lowest BCUT2D eigenvalue weighted by atomic mass is 9.93. The van der Waals surface area contributed by atoms with E-state index in [9.17, 15) is 14.4 Å². The van der Waals surface area contributed by atoms with Crippen LogP contribution >= 0.6 is 11.8 Å². The molecule has 32 heavy (non-hydrogen) atoms. The van der Waals surface area contributed by atoms with Crippen molar-refractivity contribution in [1.82, 2.24) is 30.5 Å². The third-order valence-corrected chi connectivity index (χ3v) is 6.18. The number of furan rings is 1. The number of hydrogen-bond acceptors (Lipinski definition) is 7. The lowest BCUT2D eigenvalue weighted by molar-refractivity contribution is -0.138. The number of carbonyl (C=O) groups is 3.